The number of hydrogen-bond acceptors (Lipinski definition) is 4. The Labute approximate surface area is 173 Å². The van der Waals surface area contributed by atoms with Gasteiger partial charge in [-0.3, -0.25) is 4.90 Å². The second-order valence-electron chi connectivity index (χ2n) is 6.43. The quantitative estimate of drug-likeness (QED) is 0.681. The van der Waals surface area contributed by atoms with E-state index < -0.39 is 23.8 Å². The maximum Gasteiger partial charge on any atom is 0.490 e. The van der Waals surface area contributed by atoms with Gasteiger partial charge in [-0.2, -0.15) is 13.2 Å². The predicted molar refractivity (Wildman–Crippen MR) is 101 cm³/mol. The summed E-state index contributed by atoms with van der Waals surface area (Å²) in [6.45, 7) is 3.32. The van der Waals surface area contributed by atoms with Crippen LogP contribution in [0.2, 0.25) is 5.02 Å². The van der Waals surface area contributed by atoms with Crippen LogP contribution in [0.4, 0.5) is 27.6 Å². The molecule has 0 spiro atoms. The van der Waals surface area contributed by atoms with Crippen molar-refractivity contribution >= 4 is 23.3 Å². The summed E-state index contributed by atoms with van der Waals surface area (Å²) in [5.41, 5.74) is 1.20. The number of carboxylic acid groups (broad SMARTS) is 1. The van der Waals surface area contributed by atoms with Gasteiger partial charge in [0.05, 0.1) is 5.69 Å². The summed E-state index contributed by atoms with van der Waals surface area (Å²) in [5, 5.41) is 17.6. The lowest BCUT2D eigenvalue weighted by Crippen LogP contribution is -2.46. The van der Waals surface area contributed by atoms with Gasteiger partial charge in [-0.1, -0.05) is 11.6 Å². The predicted octanol–water partition coefficient (Wildman–Crippen LogP) is 4.28. The Kier molecular flexibility index (Phi) is 7.85. The highest BCUT2D eigenvalue weighted by Gasteiger charge is 2.38. The molecule has 1 fully saturated rings. The molecule has 1 saturated heterocycles. The third-order valence-corrected chi connectivity index (χ3v) is 4.54. The fourth-order valence-corrected chi connectivity index (χ4v) is 3.00. The molecule has 11 heteroatoms. The highest BCUT2D eigenvalue weighted by molar-refractivity contribution is 6.30. The highest BCUT2D eigenvalue weighted by atomic mass is 35.5. The van der Waals surface area contributed by atoms with Crippen LogP contribution in [0.5, 0.6) is 5.75 Å². The smallest absolute Gasteiger partial charge is 0.490 e. The normalized spacial score (nSPS) is 14.8. The van der Waals surface area contributed by atoms with Crippen molar-refractivity contribution in [2.45, 2.75) is 12.7 Å². The monoisotopic (exact) mass is 452 g/mol. The van der Waals surface area contributed by atoms with E-state index in [-0.39, 0.29) is 5.75 Å². The van der Waals surface area contributed by atoms with Crippen molar-refractivity contribution in [3.8, 4) is 5.75 Å². The number of carbonyl (C=O) groups is 1. The van der Waals surface area contributed by atoms with Crippen molar-refractivity contribution in [2.24, 2.45) is 0 Å². The standard InChI is InChI=1S/C17H17ClF2N2O.C2HF3O2/c18-13-1-4-17(23)12(9-13)11-21-5-7-22(8-6-21)16-3-2-14(19)10-15(16)20;3-2(4,5)1(6)7/h1-4,9-10,23H,5-8,11H2;(H,6,7). The van der Waals surface area contributed by atoms with E-state index in [1.165, 1.54) is 12.1 Å². The Bertz CT molecular complexity index is 887. The van der Waals surface area contributed by atoms with Crippen molar-refractivity contribution in [2.75, 3.05) is 31.1 Å². The maximum atomic E-state index is 13.8. The molecule has 0 atom stereocenters. The van der Waals surface area contributed by atoms with Crippen LogP contribution in [0.15, 0.2) is 36.4 Å². The van der Waals surface area contributed by atoms with Crippen molar-refractivity contribution in [1.82, 2.24) is 4.90 Å². The van der Waals surface area contributed by atoms with E-state index in [0.717, 1.165) is 24.7 Å². The largest absolute Gasteiger partial charge is 0.508 e. The number of piperazine rings is 1. The second kappa shape index (κ2) is 9.94. The molecule has 1 heterocycles. The molecule has 164 valence electrons. The van der Waals surface area contributed by atoms with Crippen LogP contribution >= 0.6 is 11.6 Å². The van der Waals surface area contributed by atoms with Crippen molar-refractivity contribution in [3.05, 3.63) is 58.6 Å². The molecule has 0 radical (unpaired) electrons. The number of hydrogen-bond donors (Lipinski definition) is 2. The molecule has 3 rings (SSSR count). The summed E-state index contributed by atoms with van der Waals surface area (Å²) >= 11 is 5.96. The van der Waals surface area contributed by atoms with Gasteiger partial charge in [0.1, 0.15) is 17.4 Å². The topological polar surface area (TPSA) is 64.0 Å². The first kappa shape index (κ1) is 23.7. The van der Waals surface area contributed by atoms with Crippen LogP contribution < -0.4 is 4.90 Å². The molecule has 2 aromatic rings. The minimum Gasteiger partial charge on any atom is -0.508 e. The molecule has 0 aliphatic carbocycles. The number of benzene rings is 2. The number of carboxylic acids is 1. The lowest BCUT2D eigenvalue weighted by Gasteiger charge is -2.36. The number of aromatic hydroxyl groups is 1. The Morgan fingerprint density at radius 1 is 1.03 bits per heavy atom. The average molecular weight is 453 g/mol. The van der Waals surface area contributed by atoms with Crippen LogP contribution in [0.1, 0.15) is 5.56 Å². The van der Waals surface area contributed by atoms with E-state index in [0.29, 0.717) is 30.3 Å². The third-order valence-electron chi connectivity index (χ3n) is 4.30. The van der Waals surface area contributed by atoms with Crippen molar-refractivity contribution in [1.29, 1.82) is 0 Å². The molecule has 5 nitrogen and oxygen atoms in total. The molecule has 30 heavy (non-hydrogen) atoms. The molecule has 0 aromatic heterocycles. The Hall–Kier alpha value is -2.59. The summed E-state index contributed by atoms with van der Waals surface area (Å²) < 4.78 is 58.6. The lowest BCUT2D eigenvalue weighted by atomic mass is 10.1. The zero-order chi connectivity index (χ0) is 22.5. The van der Waals surface area contributed by atoms with Crippen LogP contribution in [-0.2, 0) is 11.3 Å². The van der Waals surface area contributed by atoms with Crippen LogP contribution in [-0.4, -0.2) is 53.4 Å². The first-order valence-corrected chi connectivity index (χ1v) is 9.05. The number of nitrogens with zero attached hydrogens (tertiary/aromatic N) is 2. The van der Waals surface area contributed by atoms with Gasteiger partial charge >= 0.3 is 12.1 Å². The van der Waals surface area contributed by atoms with Gasteiger partial charge in [-0.05, 0) is 30.3 Å². The first-order valence-electron chi connectivity index (χ1n) is 8.67. The molecule has 0 bridgehead atoms. The maximum absolute atomic E-state index is 13.8. The number of aliphatic carboxylic acids is 1. The summed E-state index contributed by atoms with van der Waals surface area (Å²) in [6, 6.07) is 8.64. The van der Waals surface area contributed by atoms with Gasteiger partial charge in [0.2, 0.25) is 0 Å². The van der Waals surface area contributed by atoms with E-state index in [1.807, 2.05) is 4.90 Å². The fraction of sp³-hybridized carbons (Fsp3) is 0.316. The fourth-order valence-electron chi connectivity index (χ4n) is 2.81. The molecule has 0 unspecified atom stereocenters. The lowest BCUT2D eigenvalue weighted by molar-refractivity contribution is -0.192. The van der Waals surface area contributed by atoms with Crippen molar-refractivity contribution < 1.29 is 37.0 Å². The number of halogens is 6. The number of alkyl halides is 3. The summed E-state index contributed by atoms with van der Waals surface area (Å²) in [5.74, 6) is -3.64. The summed E-state index contributed by atoms with van der Waals surface area (Å²) in [7, 11) is 0. The molecule has 0 saturated carbocycles. The number of phenols is 1. The van der Waals surface area contributed by atoms with Crippen LogP contribution in [0, 0.1) is 11.6 Å². The van der Waals surface area contributed by atoms with Gasteiger partial charge in [-0.15, -0.1) is 0 Å². The number of anilines is 1. The molecular weight excluding hydrogens is 435 g/mol. The number of rotatable bonds is 3. The second-order valence-corrected chi connectivity index (χ2v) is 6.87. The third kappa shape index (κ3) is 6.74. The van der Waals surface area contributed by atoms with Crippen LogP contribution in [0.3, 0.4) is 0 Å². The van der Waals surface area contributed by atoms with E-state index >= 15 is 0 Å². The van der Waals surface area contributed by atoms with Gasteiger partial charge in [0, 0.05) is 49.4 Å². The molecule has 1 aliphatic rings. The zero-order valence-electron chi connectivity index (χ0n) is 15.5. The van der Waals surface area contributed by atoms with Gasteiger partial charge in [0.25, 0.3) is 0 Å². The van der Waals surface area contributed by atoms with Gasteiger partial charge in [-0.25, -0.2) is 13.6 Å². The first-order chi connectivity index (χ1) is 14.0. The minimum atomic E-state index is -5.08. The Balaban J connectivity index is 0.000000396. The van der Waals surface area contributed by atoms with E-state index in [4.69, 9.17) is 21.5 Å². The molecule has 2 aromatic carbocycles. The van der Waals surface area contributed by atoms with E-state index in [9.17, 15) is 27.1 Å². The Morgan fingerprint density at radius 2 is 1.63 bits per heavy atom. The molecule has 0 amide bonds. The SMILES string of the molecule is O=C(O)C(F)(F)F.Oc1ccc(Cl)cc1CN1CCN(c2ccc(F)cc2F)CC1. The zero-order valence-corrected chi connectivity index (χ0v) is 16.2. The average Bonchev–Trinajstić information content (AvgIpc) is 2.65. The minimum absolute atomic E-state index is 0.224. The molecule has 1 aliphatic heterocycles. The van der Waals surface area contributed by atoms with E-state index in [1.54, 1.807) is 18.2 Å². The van der Waals surface area contributed by atoms with Crippen molar-refractivity contribution in [3.63, 3.8) is 0 Å². The number of phenolic OH excluding ortho intramolecular Hbond substituents is 1. The van der Waals surface area contributed by atoms with Gasteiger partial charge < -0.3 is 15.1 Å². The Morgan fingerprint density at radius 3 is 2.17 bits per heavy atom. The van der Waals surface area contributed by atoms with Crippen LogP contribution in [0.25, 0.3) is 0 Å². The molecule has 2 N–H and O–H groups in total. The summed E-state index contributed by atoms with van der Waals surface area (Å²) in [4.78, 5) is 13.0. The van der Waals surface area contributed by atoms with Gasteiger partial charge in [0.15, 0.2) is 0 Å². The molecular formula is C19H18ClF5N2O3. The summed E-state index contributed by atoms with van der Waals surface area (Å²) in [6.07, 6.45) is -5.08. The highest BCUT2D eigenvalue weighted by Crippen LogP contribution is 2.25. The van der Waals surface area contributed by atoms with E-state index in [2.05, 4.69) is 4.90 Å².